The lowest BCUT2D eigenvalue weighted by Gasteiger charge is -2.25. The van der Waals surface area contributed by atoms with Gasteiger partial charge in [0.1, 0.15) is 19.1 Å². The fourth-order valence-electron chi connectivity index (χ4n) is 2.38. The van der Waals surface area contributed by atoms with E-state index in [-0.39, 0.29) is 0 Å². The van der Waals surface area contributed by atoms with Crippen molar-refractivity contribution in [2.24, 2.45) is 0 Å². The summed E-state index contributed by atoms with van der Waals surface area (Å²) in [6.45, 7) is 11.2. The minimum atomic E-state index is 0.709. The Hall–Kier alpha value is -2.29. The third kappa shape index (κ3) is 6.86. The highest BCUT2D eigenvalue weighted by atomic mass is 16.5. The number of hydrogen-bond donors (Lipinski definition) is 0. The van der Waals surface area contributed by atoms with Crippen molar-refractivity contribution >= 4 is 12.5 Å². The van der Waals surface area contributed by atoms with Gasteiger partial charge in [0.15, 0.2) is 0 Å². The number of benzene rings is 2. The largest absolute Gasteiger partial charge is 0.492 e. The van der Waals surface area contributed by atoms with Gasteiger partial charge in [-0.05, 0) is 44.5 Å². The average molecular weight is 327 g/mol. The predicted molar refractivity (Wildman–Crippen MR) is 102 cm³/mol. The fraction of sp³-hybridized carbons (Fsp3) is 0.381. The number of nitrogens with zero attached hydrogens (tertiary/aromatic N) is 1. The summed E-state index contributed by atoms with van der Waals surface area (Å²) in [6, 6.07) is 17.0. The van der Waals surface area contributed by atoms with Gasteiger partial charge in [-0.1, -0.05) is 48.7 Å². The van der Waals surface area contributed by atoms with Gasteiger partial charge in [-0.15, -0.1) is 0 Å². The highest BCUT2D eigenvalue weighted by Gasteiger charge is 2.06. The van der Waals surface area contributed by atoms with E-state index in [1.54, 1.807) is 0 Å². The normalized spacial score (nSPS) is 9.79. The molecule has 0 radical (unpaired) electrons. The van der Waals surface area contributed by atoms with Gasteiger partial charge >= 0.3 is 0 Å². The Morgan fingerprint density at radius 3 is 1.96 bits per heavy atom. The molecule has 0 amide bonds. The minimum absolute atomic E-state index is 0.709. The Morgan fingerprint density at radius 1 is 0.875 bits per heavy atom. The van der Waals surface area contributed by atoms with E-state index in [0.29, 0.717) is 6.61 Å². The molecule has 0 atom stereocenters. The third-order valence-electron chi connectivity index (χ3n) is 3.83. The molecular formula is C21H29NO2. The van der Waals surface area contributed by atoms with E-state index in [0.717, 1.165) is 18.8 Å². The molecule has 0 aliphatic rings. The van der Waals surface area contributed by atoms with E-state index in [4.69, 9.17) is 9.53 Å². The zero-order chi connectivity index (χ0) is 17.8. The van der Waals surface area contributed by atoms with Crippen LogP contribution >= 0.6 is 0 Å². The Bertz CT molecular complexity index is 563. The van der Waals surface area contributed by atoms with Crippen molar-refractivity contribution in [3.63, 3.8) is 0 Å². The highest BCUT2D eigenvalue weighted by molar-refractivity contribution is 5.47. The van der Waals surface area contributed by atoms with Crippen molar-refractivity contribution in [3.8, 4) is 5.75 Å². The summed E-state index contributed by atoms with van der Waals surface area (Å²) in [5.74, 6) is 0.949. The summed E-state index contributed by atoms with van der Waals surface area (Å²) in [4.78, 5) is 10.4. The summed E-state index contributed by atoms with van der Waals surface area (Å²) in [6.07, 6.45) is 2.42. The Morgan fingerprint density at radius 2 is 1.42 bits per heavy atom. The molecule has 0 aromatic heterocycles. The van der Waals surface area contributed by atoms with E-state index in [2.05, 4.69) is 62.1 Å². The van der Waals surface area contributed by atoms with Gasteiger partial charge in [-0.25, -0.2) is 0 Å². The number of carbonyl (C=O) groups excluding carboxylic acids is 1. The number of unbranched alkanes of at least 4 members (excludes halogenated alkanes) is 1. The van der Waals surface area contributed by atoms with Crippen LogP contribution in [0, 0.1) is 13.8 Å². The van der Waals surface area contributed by atoms with Crippen LogP contribution < -0.4 is 9.64 Å². The number of hydrogen-bond acceptors (Lipinski definition) is 3. The number of aryl methyl sites for hydroxylation is 2. The van der Waals surface area contributed by atoms with Gasteiger partial charge in [0, 0.05) is 12.2 Å². The van der Waals surface area contributed by atoms with Crippen LogP contribution in [0.15, 0.2) is 48.5 Å². The Labute approximate surface area is 146 Å². The summed E-state index contributed by atoms with van der Waals surface area (Å²) < 4.78 is 5.88. The maximum atomic E-state index is 8.00. The van der Waals surface area contributed by atoms with Gasteiger partial charge in [0.25, 0.3) is 0 Å². The van der Waals surface area contributed by atoms with E-state index in [9.17, 15) is 0 Å². The molecule has 0 unspecified atom stereocenters. The molecular weight excluding hydrogens is 298 g/mol. The lowest BCUT2D eigenvalue weighted by molar-refractivity contribution is -0.0979. The second-order valence-electron chi connectivity index (χ2n) is 5.84. The highest BCUT2D eigenvalue weighted by Crippen LogP contribution is 2.16. The molecule has 3 nitrogen and oxygen atoms in total. The van der Waals surface area contributed by atoms with Crippen LogP contribution in [0.1, 0.15) is 30.9 Å². The molecule has 0 saturated carbocycles. The molecule has 0 aliphatic heterocycles. The number of carbonyl (C=O) groups is 1. The number of anilines is 1. The lowest BCUT2D eigenvalue weighted by Crippen LogP contribution is -2.29. The summed E-state index contributed by atoms with van der Waals surface area (Å²) in [5.41, 5.74) is 3.85. The molecule has 3 heteroatoms. The van der Waals surface area contributed by atoms with Crippen LogP contribution in [0.4, 0.5) is 5.69 Å². The monoisotopic (exact) mass is 327 g/mol. The van der Waals surface area contributed by atoms with Crippen LogP contribution in [0.25, 0.3) is 0 Å². The van der Waals surface area contributed by atoms with Crippen molar-refractivity contribution in [2.45, 2.75) is 33.6 Å². The van der Waals surface area contributed by atoms with Crippen molar-refractivity contribution in [1.29, 1.82) is 0 Å². The first kappa shape index (κ1) is 19.8. The van der Waals surface area contributed by atoms with Crippen molar-refractivity contribution < 1.29 is 9.53 Å². The maximum Gasteiger partial charge on any atom is 0.119 e. The number of ether oxygens (including phenoxy) is 1. The molecule has 2 rings (SSSR count). The molecule has 0 bridgehead atoms. The second-order valence-corrected chi connectivity index (χ2v) is 5.84. The van der Waals surface area contributed by atoms with E-state index < -0.39 is 0 Å². The summed E-state index contributed by atoms with van der Waals surface area (Å²) >= 11 is 0. The standard InChI is InChI=1S/C20H27NO.CH2O/c1-4-5-14-21(19-10-6-17(2)7-11-19)15-16-22-20-12-8-18(3)9-13-20;1-2/h6-13H,4-5,14-16H2,1-3H3;1H2. The molecule has 2 aromatic carbocycles. The molecule has 130 valence electrons. The third-order valence-corrected chi connectivity index (χ3v) is 3.83. The quantitative estimate of drug-likeness (QED) is 0.697. The molecule has 0 N–H and O–H groups in total. The first-order valence-electron chi connectivity index (χ1n) is 8.49. The van der Waals surface area contributed by atoms with Gasteiger partial charge < -0.3 is 14.4 Å². The fourth-order valence-corrected chi connectivity index (χ4v) is 2.38. The molecule has 0 fully saturated rings. The molecule has 0 aliphatic carbocycles. The SMILES string of the molecule is C=O.CCCCN(CCOc1ccc(C)cc1)c1ccc(C)cc1. The predicted octanol–water partition coefficient (Wildman–Crippen LogP) is 4.80. The van der Waals surface area contributed by atoms with Gasteiger partial charge in [-0.2, -0.15) is 0 Å². The van der Waals surface area contributed by atoms with Crippen LogP contribution in [-0.4, -0.2) is 26.5 Å². The Balaban J connectivity index is 0.00000139. The van der Waals surface area contributed by atoms with Gasteiger partial charge in [0.05, 0.1) is 6.54 Å². The van der Waals surface area contributed by atoms with Crippen molar-refractivity contribution in [3.05, 3.63) is 59.7 Å². The first-order chi connectivity index (χ1) is 11.7. The zero-order valence-corrected chi connectivity index (χ0v) is 15.1. The van der Waals surface area contributed by atoms with Gasteiger partial charge in [0.2, 0.25) is 0 Å². The van der Waals surface area contributed by atoms with Gasteiger partial charge in [-0.3, -0.25) is 0 Å². The van der Waals surface area contributed by atoms with E-state index in [1.807, 2.05) is 18.9 Å². The lowest BCUT2D eigenvalue weighted by atomic mass is 10.2. The second kappa shape index (κ2) is 11.3. The van der Waals surface area contributed by atoms with Crippen LogP contribution in [0.3, 0.4) is 0 Å². The molecule has 0 saturated heterocycles. The van der Waals surface area contributed by atoms with E-state index in [1.165, 1.54) is 29.7 Å². The Kier molecular flexibility index (Phi) is 9.28. The minimum Gasteiger partial charge on any atom is -0.492 e. The zero-order valence-electron chi connectivity index (χ0n) is 15.1. The first-order valence-corrected chi connectivity index (χ1v) is 8.49. The van der Waals surface area contributed by atoms with Crippen LogP contribution in [-0.2, 0) is 4.79 Å². The average Bonchev–Trinajstić information content (AvgIpc) is 2.62. The number of rotatable bonds is 8. The van der Waals surface area contributed by atoms with Crippen molar-refractivity contribution in [2.75, 3.05) is 24.6 Å². The van der Waals surface area contributed by atoms with Crippen molar-refractivity contribution in [1.82, 2.24) is 0 Å². The maximum absolute atomic E-state index is 8.00. The molecule has 0 spiro atoms. The topological polar surface area (TPSA) is 29.5 Å². The molecule has 2 aromatic rings. The molecule has 0 heterocycles. The van der Waals surface area contributed by atoms with E-state index >= 15 is 0 Å². The summed E-state index contributed by atoms with van der Waals surface area (Å²) in [7, 11) is 0. The summed E-state index contributed by atoms with van der Waals surface area (Å²) in [5, 5.41) is 0. The smallest absolute Gasteiger partial charge is 0.119 e. The van der Waals surface area contributed by atoms with Crippen LogP contribution in [0.2, 0.25) is 0 Å². The molecule has 24 heavy (non-hydrogen) atoms. The van der Waals surface area contributed by atoms with Crippen LogP contribution in [0.5, 0.6) is 5.75 Å².